The number of hydrogen-bond acceptors (Lipinski definition) is 3. The third-order valence-corrected chi connectivity index (χ3v) is 3.72. The number of nitriles is 1. The lowest BCUT2D eigenvalue weighted by Gasteiger charge is -2.32. The standard InChI is InChI=1S/C16H18N2O2/c1-11-5-3-6-13(9-11)18-8-4-7-14(16(18)20)15(19)12(2)10-17/h3,5-6,9,12,14H,4,7-8H2,1-2H3/t12-,14+/m1/s1. The molecule has 0 N–H and O–H groups in total. The van der Waals surface area contributed by atoms with Crippen LogP contribution in [0.2, 0.25) is 0 Å². The molecule has 0 aromatic heterocycles. The number of piperidine rings is 1. The van der Waals surface area contributed by atoms with Crippen molar-refractivity contribution in [2.75, 3.05) is 11.4 Å². The third-order valence-electron chi connectivity index (χ3n) is 3.72. The fourth-order valence-electron chi connectivity index (χ4n) is 2.56. The topological polar surface area (TPSA) is 61.2 Å². The smallest absolute Gasteiger partial charge is 0.237 e. The summed E-state index contributed by atoms with van der Waals surface area (Å²) in [6.45, 7) is 4.16. The van der Waals surface area contributed by atoms with E-state index in [1.54, 1.807) is 11.8 Å². The van der Waals surface area contributed by atoms with Gasteiger partial charge in [-0.25, -0.2) is 0 Å². The second-order valence-corrected chi connectivity index (χ2v) is 5.28. The Balaban J connectivity index is 2.23. The van der Waals surface area contributed by atoms with E-state index in [1.165, 1.54) is 0 Å². The zero-order valence-corrected chi connectivity index (χ0v) is 11.8. The average molecular weight is 270 g/mol. The van der Waals surface area contributed by atoms with Gasteiger partial charge in [0.2, 0.25) is 5.91 Å². The van der Waals surface area contributed by atoms with Crippen LogP contribution in [-0.2, 0) is 9.59 Å². The lowest BCUT2D eigenvalue weighted by atomic mass is 9.87. The average Bonchev–Trinajstić information content (AvgIpc) is 2.46. The van der Waals surface area contributed by atoms with E-state index in [2.05, 4.69) is 0 Å². The van der Waals surface area contributed by atoms with E-state index in [0.717, 1.165) is 17.7 Å². The highest BCUT2D eigenvalue weighted by atomic mass is 16.2. The fourth-order valence-corrected chi connectivity index (χ4v) is 2.56. The van der Waals surface area contributed by atoms with Gasteiger partial charge in [-0.2, -0.15) is 5.26 Å². The molecule has 1 aliphatic rings. The minimum Gasteiger partial charge on any atom is -0.312 e. The summed E-state index contributed by atoms with van der Waals surface area (Å²) >= 11 is 0. The number of anilines is 1. The van der Waals surface area contributed by atoms with E-state index in [-0.39, 0.29) is 11.7 Å². The van der Waals surface area contributed by atoms with Crippen molar-refractivity contribution < 1.29 is 9.59 Å². The van der Waals surface area contributed by atoms with Crippen LogP contribution in [0, 0.1) is 30.1 Å². The van der Waals surface area contributed by atoms with Gasteiger partial charge in [0.05, 0.1) is 12.0 Å². The molecule has 0 spiro atoms. The van der Waals surface area contributed by atoms with E-state index in [4.69, 9.17) is 5.26 Å². The second-order valence-electron chi connectivity index (χ2n) is 5.28. The molecule has 1 aromatic rings. The molecule has 1 aromatic carbocycles. The van der Waals surface area contributed by atoms with Gasteiger partial charge in [0.25, 0.3) is 0 Å². The van der Waals surface area contributed by atoms with Crippen LogP contribution in [0.15, 0.2) is 24.3 Å². The zero-order valence-electron chi connectivity index (χ0n) is 11.8. The van der Waals surface area contributed by atoms with Gasteiger partial charge in [-0.05, 0) is 44.4 Å². The Kier molecular flexibility index (Phi) is 4.19. The van der Waals surface area contributed by atoms with Gasteiger partial charge < -0.3 is 4.90 Å². The van der Waals surface area contributed by atoms with Crippen molar-refractivity contribution >= 4 is 17.4 Å². The molecule has 4 nitrogen and oxygen atoms in total. The summed E-state index contributed by atoms with van der Waals surface area (Å²) in [5.74, 6) is -1.82. The lowest BCUT2D eigenvalue weighted by molar-refractivity contribution is -0.135. The quantitative estimate of drug-likeness (QED) is 0.793. The van der Waals surface area contributed by atoms with Gasteiger partial charge in [-0.15, -0.1) is 0 Å². The highest BCUT2D eigenvalue weighted by molar-refractivity contribution is 6.10. The van der Waals surface area contributed by atoms with Gasteiger partial charge in [-0.1, -0.05) is 12.1 Å². The van der Waals surface area contributed by atoms with Crippen molar-refractivity contribution in [3.05, 3.63) is 29.8 Å². The molecule has 1 heterocycles. The SMILES string of the molecule is Cc1cccc(N2CCC[C@@H](C(=O)[C@H](C)C#N)C2=O)c1. The minimum absolute atomic E-state index is 0.172. The van der Waals surface area contributed by atoms with Crippen LogP contribution in [0.4, 0.5) is 5.69 Å². The molecule has 4 heteroatoms. The molecule has 104 valence electrons. The fraction of sp³-hybridized carbons (Fsp3) is 0.438. The predicted molar refractivity (Wildman–Crippen MR) is 76.0 cm³/mol. The summed E-state index contributed by atoms with van der Waals surface area (Å²) in [5.41, 5.74) is 1.91. The van der Waals surface area contributed by atoms with Crippen molar-refractivity contribution in [1.29, 1.82) is 5.26 Å². The van der Waals surface area contributed by atoms with Gasteiger partial charge in [0.1, 0.15) is 5.92 Å². The zero-order chi connectivity index (χ0) is 14.7. The van der Waals surface area contributed by atoms with Crippen LogP contribution in [-0.4, -0.2) is 18.2 Å². The largest absolute Gasteiger partial charge is 0.312 e. The Labute approximate surface area is 119 Å². The first-order chi connectivity index (χ1) is 9.54. The first-order valence-electron chi connectivity index (χ1n) is 6.86. The highest BCUT2D eigenvalue weighted by Crippen LogP contribution is 2.27. The number of aryl methyl sites for hydroxylation is 1. The molecule has 1 saturated heterocycles. The molecule has 2 atom stereocenters. The summed E-state index contributed by atoms with van der Waals surface area (Å²) in [4.78, 5) is 26.3. The Morgan fingerprint density at radius 1 is 1.50 bits per heavy atom. The maximum atomic E-state index is 12.5. The van der Waals surface area contributed by atoms with Crippen molar-refractivity contribution in [2.45, 2.75) is 26.7 Å². The number of ketones is 1. The molecule has 1 aliphatic heterocycles. The summed E-state index contributed by atoms with van der Waals surface area (Å²) in [7, 11) is 0. The van der Waals surface area contributed by atoms with E-state index in [1.807, 2.05) is 37.3 Å². The molecule has 0 radical (unpaired) electrons. The number of benzene rings is 1. The summed E-state index contributed by atoms with van der Waals surface area (Å²) < 4.78 is 0. The predicted octanol–water partition coefficient (Wildman–Crippen LogP) is 2.47. The maximum absolute atomic E-state index is 12.5. The molecule has 1 fully saturated rings. The van der Waals surface area contributed by atoms with Crippen LogP contribution in [0.3, 0.4) is 0 Å². The number of nitrogens with zero attached hydrogens (tertiary/aromatic N) is 2. The number of amides is 1. The third kappa shape index (κ3) is 2.72. The first kappa shape index (κ1) is 14.3. The summed E-state index contributed by atoms with van der Waals surface area (Å²) in [6.07, 6.45) is 1.33. The second kappa shape index (κ2) is 5.87. The van der Waals surface area contributed by atoms with Crippen LogP contribution < -0.4 is 4.90 Å². The van der Waals surface area contributed by atoms with E-state index in [9.17, 15) is 9.59 Å². The van der Waals surface area contributed by atoms with Crippen molar-refractivity contribution in [3.63, 3.8) is 0 Å². The summed E-state index contributed by atoms with van der Waals surface area (Å²) in [5, 5.41) is 8.85. The molecular formula is C16H18N2O2. The van der Waals surface area contributed by atoms with Gasteiger partial charge >= 0.3 is 0 Å². The number of hydrogen-bond donors (Lipinski definition) is 0. The van der Waals surface area contributed by atoms with Gasteiger partial charge in [-0.3, -0.25) is 9.59 Å². The molecule has 2 rings (SSSR count). The minimum atomic E-state index is -0.721. The Morgan fingerprint density at radius 2 is 2.25 bits per heavy atom. The number of rotatable bonds is 3. The van der Waals surface area contributed by atoms with Gasteiger partial charge in [0, 0.05) is 12.2 Å². The summed E-state index contributed by atoms with van der Waals surface area (Å²) in [6, 6.07) is 9.62. The molecule has 0 unspecified atom stereocenters. The Morgan fingerprint density at radius 3 is 2.90 bits per heavy atom. The van der Waals surface area contributed by atoms with E-state index >= 15 is 0 Å². The first-order valence-corrected chi connectivity index (χ1v) is 6.86. The number of Topliss-reactive ketones (excluding diaryl/α,β-unsaturated/α-hetero) is 1. The van der Waals surface area contributed by atoms with E-state index < -0.39 is 11.8 Å². The molecule has 0 saturated carbocycles. The monoisotopic (exact) mass is 270 g/mol. The van der Waals surface area contributed by atoms with Crippen molar-refractivity contribution in [1.82, 2.24) is 0 Å². The van der Waals surface area contributed by atoms with Crippen LogP contribution in [0.25, 0.3) is 0 Å². The molecule has 20 heavy (non-hydrogen) atoms. The van der Waals surface area contributed by atoms with Crippen LogP contribution in [0.5, 0.6) is 0 Å². The number of carbonyl (C=O) groups excluding carboxylic acids is 2. The normalized spacial score (nSPS) is 20.4. The van der Waals surface area contributed by atoms with Crippen molar-refractivity contribution in [2.24, 2.45) is 11.8 Å². The maximum Gasteiger partial charge on any atom is 0.237 e. The number of carbonyl (C=O) groups is 2. The molecular weight excluding hydrogens is 252 g/mol. The van der Waals surface area contributed by atoms with Crippen LogP contribution >= 0.6 is 0 Å². The Bertz CT molecular complexity index is 574. The van der Waals surface area contributed by atoms with E-state index in [0.29, 0.717) is 13.0 Å². The highest BCUT2D eigenvalue weighted by Gasteiger charge is 2.36. The molecule has 1 amide bonds. The lowest BCUT2D eigenvalue weighted by Crippen LogP contribution is -2.45. The molecule has 0 bridgehead atoms. The molecule has 0 aliphatic carbocycles. The van der Waals surface area contributed by atoms with Crippen molar-refractivity contribution in [3.8, 4) is 6.07 Å². The van der Waals surface area contributed by atoms with Gasteiger partial charge in [0.15, 0.2) is 5.78 Å². The Hall–Kier alpha value is -2.15. The van der Waals surface area contributed by atoms with Crippen LogP contribution in [0.1, 0.15) is 25.3 Å².